The Morgan fingerprint density at radius 3 is 1.28 bits per heavy atom. The second kappa shape index (κ2) is 13.7. The SMILES string of the molecule is C1=C[C@@H]2C(CC1)c1ccccc1N2c1ccc2c3ccccc3n(-c3ccc(-c4ccc(-n5c6ccccc6c6ccc(-n7c8ccccc8c8ccccc87)cc65)cc4)cc3)c2c1. The van der Waals surface area contributed by atoms with Crippen molar-refractivity contribution in [1.29, 1.82) is 0 Å². The Morgan fingerprint density at radius 2 is 0.750 bits per heavy atom. The predicted octanol–water partition coefficient (Wildman–Crippen LogP) is 15.6. The highest BCUT2D eigenvalue weighted by Crippen LogP contribution is 2.50. The Morgan fingerprint density at radius 1 is 0.344 bits per heavy atom. The zero-order valence-electron chi connectivity index (χ0n) is 35.1. The number of nitrogens with zero attached hydrogens (tertiary/aromatic N) is 4. The first-order valence-electron chi connectivity index (χ1n) is 22.6. The fourth-order valence-corrected chi connectivity index (χ4v) is 11.5. The maximum Gasteiger partial charge on any atom is 0.0591 e. The predicted molar refractivity (Wildman–Crippen MR) is 268 cm³/mol. The van der Waals surface area contributed by atoms with E-state index in [1.807, 2.05) is 0 Å². The topological polar surface area (TPSA) is 18.0 Å². The summed E-state index contributed by atoms with van der Waals surface area (Å²) in [6.07, 6.45) is 7.15. The second-order valence-electron chi connectivity index (χ2n) is 17.6. The first-order chi connectivity index (χ1) is 31.8. The number of allylic oxidation sites excluding steroid dienone is 1. The van der Waals surface area contributed by atoms with Crippen LogP contribution in [0.4, 0.5) is 11.4 Å². The molecule has 4 nitrogen and oxygen atoms in total. The zero-order valence-corrected chi connectivity index (χ0v) is 35.1. The van der Waals surface area contributed by atoms with Crippen LogP contribution in [0.3, 0.4) is 0 Å². The zero-order chi connectivity index (χ0) is 41.9. The molecule has 2 aliphatic rings. The van der Waals surface area contributed by atoms with Crippen LogP contribution in [-0.2, 0) is 0 Å². The van der Waals surface area contributed by atoms with E-state index < -0.39 is 0 Å². The number of anilines is 2. The van der Waals surface area contributed by atoms with Crippen molar-refractivity contribution in [2.45, 2.75) is 24.8 Å². The fraction of sp³-hybridized carbons (Fsp3) is 0.0667. The van der Waals surface area contributed by atoms with Crippen molar-refractivity contribution in [3.8, 4) is 28.2 Å². The lowest BCUT2D eigenvalue weighted by molar-refractivity contribution is 0.573. The van der Waals surface area contributed by atoms with Crippen LogP contribution in [0.1, 0.15) is 24.3 Å². The summed E-state index contributed by atoms with van der Waals surface area (Å²) in [5, 5.41) is 7.58. The van der Waals surface area contributed by atoms with Crippen molar-refractivity contribution in [2.75, 3.05) is 4.90 Å². The maximum absolute atomic E-state index is 2.58. The van der Waals surface area contributed by atoms with Gasteiger partial charge in [-0.1, -0.05) is 140 Å². The Balaban J connectivity index is 0.846. The number of benzene rings is 9. The van der Waals surface area contributed by atoms with Crippen LogP contribution in [0.2, 0.25) is 0 Å². The molecule has 64 heavy (non-hydrogen) atoms. The molecule has 0 fully saturated rings. The number of hydrogen-bond acceptors (Lipinski definition) is 1. The lowest BCUT2D eigenvalue weighted by Crippen LogP contribution is -2.29. The molecule has 9 aromatic carbocycles. The first kappa shape index (κ1) is 35.5. The van der Waals surface area contributed by atoms with Crippen molar-refractivity contribution < 1.29 is 0 Å². The number of fused-ring (bicyclic) bond motifs is 12. The lowest BCUT2D eigenvalue weighted by Gasteiger charge is -2.30. The van der Waals surface area contributed by atoms with Crippen molar-refractivity contribution in [1.82, 2.24) is 13.7 Å². The summed E-state index contributed by atoms with van der Waals surface area (Å²) in [7, 11) is 0. The van der Waals surface area contributed by atoms with Crippen LogP contribution in [0.25, 0.3) is 93.6 Å². The summed E-state index contributed by atoms with van der Waals surface area (Å²) in [4.78, 5) is 2.58. The third-order valence-electron chi connectivity index (χ3n) is 14.3. The molecule has 12 aromatic rings. The second-order valence-corrected chi connectivity index (χ2v) is 17.6. The van der Waals surface area contributed by atoms with Gasteiger partial charge in [0.2, 0.25) is 0 Å². The Bertz CT molecular complexity index is 3810. The monoisotopic (exact) mass is 818 g/mol. The Kier molecular flexibility index (Phi) is 7.61. The van der Waals surface area contributed by atoms with Gasteiger partial charge in [0.25, 0.3) is 0 Å². The molecule has 2 atom stereocenters. The molecule has 0 radical (unpaired) electrons. The highest BCUT2D eigenvalue weighted by molar-refractivity contribution is 6.13. The van der Waals surface area contributed by atoms with Gasteiger partial charge in [0.05, 0.1) is 39.1 Å². The minimum Gasteiger partial charge on any atom is -0.334 e. The van der Waals surface area contributed by atoms with E-state index in [-0.39, 0.29) is 0 Å². The highest BCUT2D eigenvalue weighted by Gasteiger charge is 2.38. The summed E-state index contributed by atoms with van der Waals surface area (Å²) in [6, 6.07) is 76.7. The molecule has 302 valence electrons. The first-order valence-corrected chi connectivity index (χ1v) is 22.6. The van der Waals surface area contributed by atoms with Crippen molar-refractivity contribution >= 4 is 76.8 Å². The van der Waals surface area contributed by atoms with Crippen LogP contribution in [0, 0.1) is 0 Å². The lowest BCUT2D eigenvalue weighted by atomic mass is 9.86. The van der Waals surface area contributed by atoms with Gasteiger partial charge in [0, 0.05) is 66.7 Å². The van der Waals surface area contributed by atoms with Gasteiger partial charge in [-0.15, -0.1) is 0 Å². The molecular formula is C60H42N4. The highest BCUT2D eigenvalue weighted by atomic mass is 15.2. The summed E-state index contributed by atoms with van der Waals surface area (Å²) >= 11 is 0. The summed E-state index contributed by atoms with van der Waals surface area (Å²) in [5.41, 5.74) is 17.2. The van der Waals surface area contributed by atoms with E-state index in [1.165, 1.54) is 99.9 Å². The fourth-order valence-electron chi connectivity index (χ4n) is 11.5. The molecule has 0 N–H and O–H groups in total. The van der Waals surface area contributed by atoms with Gasteiger partial charge in [-0.3, -0.25) is 0 Å². The number of para-hydroxylation sites is 5. The van der Waals surface area contributed by atoms with Gasteiger partial charge >= 0.3 is 0 Å². The van der Waals surface area contributed by atoms with Gasteiger partial charge < -0.3 is 18.6 Å². The summed E-state index contributed by atoms with van der Waals surface area (Å²) < 4.78 is 7.29. The van der Waals surface area contributed by atoms with Crippen LogP contribution < -0.4 is 4.90 Å². The summed E-state index contributed by atoms with van der Waals surface area (Å²) in [6.45, 7) is 0. The molecular weight excluding hydrogens is 777 g/mol. The van der Waals surface area contributed by atoms with Crippen LogP contribution in [0.15, 0.2) is 218 Å². The van der Waals surface area contributed by atoms with E-state index >= 15 is 0 Å². The molecule has 1 aliphatic heterocycles. The minimum absolute atomic E-state index is 0.339. The average Bonchev–Trinajstić information content (AvgIpc) is 4.09. The van der Waals surface area contributed by atoms with E-state index in [1.54, 1.807) is 0 Å². The smallest absolute Gasteiger partial charge is 0.0591 e. The van der Waals surface area contributed by atoms with Gasteiger partial charge in [-0.05, 0) is 108 Å². The minimum atomic E-state index is 0.339. The van der Waals surface area contributed by atoms with E-state index in [9.17, 15) is 0 Å². The van der Waals surface area contributed by atoms with Gasteiger partial charge in [0.15, 0.2) is 0 Å². The molecule has 0 saturated heterocycles. The van der Waals surface area contributed by atoms with Crippen LogP contribution in [-0.4, -0.2) is 19.7 Å². The molecule has 1 aliphatic carbocycles. The molecule has 1 unspecified atom stereocenters. The number of rotatable bonds is 5. The largest absolute Gasteiger partial charge is 0.334 e. The molecule has 14 rings (SSSR count). The van der Waals surface area contributed by atoms with Gasteiger partial charge in [-0.25, -0.2) is 0 Å². The third-order valence-corrected chi connectivity index (χ3v) is 14.3. The number of hydrogen-bond donors (Lipinski definition) is 0. The number of aromatic nitrogens is 3. The maximum atomic E-state index is 2.58. The van der Waals surface area contributed by atoms with Crippen LogP contribution >= 0.6 is 0 Å². The molecule has 4 heterocycles. The van der Waals surface area contributed by atoms with Gasteiger partial charge in [0.1, 0.15) is 0 Å². The molecule has 4 heteroatoms. The Hall–Kier alpha value is -8.08. The molecule has 0 spiro atoms. The Labute approximate surface area is 370 Å². The van der Waals surface area contributed by atoms with E-state index in [4.69, 9.17) is 0 Å². The summed E-state index contributed by atoms with van der Waals surface area (Å²) in [5.74, 6) is 0.525. The molecule has 3 aromatic heterocycles. The molecule has 0 amide bonds. The third kappa shape index (κ3) is 5.11. The van der Waals surface area contributed by atoms with E-state index in [2.05, 4.69) is 237 Å². The van der Waals surface area contributed by atoms with E-state index in [0.717, 1.165) is 23.5 Å². The van der Waals surface area contributed by atoms with Gasteiger partial charge in [-0.2, -0.15) is 0 Å². The average molecular weight is 819 g/mol. The van der Waals surface area contributed by atoms with Crippen molar-refractivity contribution in [3.63, 3.8) is 0 Å². The van der Waals surface area contributed by atoms with Crippen molar-refractivity contribution in [2.24, 2.45) is 0 Å². The van der Waals surface area contributed by atoms with Crippen molar-refractivity contribution in [3.05, 3.63) is 224 Å². The van der Waals surface area contributed by atoms with E-state index in [0.29, 0.717) is 12.0 Å². The standard InChI is InChI=1S/C60H42N4/c1-9-21-55-45(13-1)46-14-2-10-22-56(46)63(55)43-33-35-51-49-17-5-7-19-53(49)61(59(51)37-43)41-29-25-39(26-30-41)40-27-31-42(32-28-40)62-54-20-8-6-18-50(54)52-36-34-44(38-60(52)62)64-57-23-11-3-15-47(57)48-16-4-12-24-58(48)64/h1-3,5-15,17-38,48,58H,4,16H2/t48?,58-/m1/s1. The quantitative estimate of drug-likeness (QED) is 0.158. The molecule has 0 bridgehead atoms. The normalized spacial score (nSPS) is 15.9. The molecule has 0 saturated carbocycles. The van der Waals surface area contributed by atoms with Crippen LogP contribution in [0.5, 0.6) is 0 Å².